The van der Waals surface area contributed by atoms with Crippen molar-refractivity contribution >= 4 is 16.0 Å². The molecule has 0 spiro atoms. The van der Waals surface area contributed by atoms with Crippen molar-refractivity contribution in [1.29, 1.82) is 0 Å². The zero-order chi connectivity index (χ0) is 13.8. The van der Waals surface area contributed by atoms with Crippen LogP contribution in [0.4, 0.5) is 0 Å². The van der Waals surface area contributed by atoms with Gasteiger partial charge in [0.05, 0.1) is 13.7 Å². The Kier molecular flexibility index (Phi) is 4.82. The molecule has 1 aromatic rings. The van der Waals surface area contributed by atoms with E-state index in [0.29, 0.717) is 5.76 Å². The van der Waals surface area contributed by atoms with Gasteiger partial charge < -0.3 is 14.4 Å². The lowest BCUT2D eigenvalue weighted by atomic mass is 10.3. The van der Waals surface area contributed by atoms with Gasteiger partial charge >= 0.3 is 5.97 Å². The van der Waals surface area contributed by atoms with Crippen LogP contribution in [0.1, 0.15) is 11.5 Å². The van der Waals surface area contributed by atoms with Gasteiger partial charge in [-0.05, 0) is 6.92 Å². The molecule has 1 rings (SSSR count). The molecular weight excluding hydrogens is 264 g/mol. The molecule has 0 amide bonds. The molecule has 102 valence electrons. The monoisotopic (exact) mass is 278 g/mol. The number of methoxy groups -OCH3 is 1. The SMILES string of the molecule is COC(=O)C(CO)NS(=O)(=O)Cc1cc(C)on1. The van der Waals surface area contributed by atoms with Crippen molar-refractivity contribution in [1.82, 2.24) is 9.88 Å². The van der Waals surface area contributed by atoms with Crippen LogP contribution < -0.4 is 4.72 Å². The molecule has 1 heterocycles. The van der Waals surface area contributed by atoms with Crippen molar-refractivity contribution in [3.63, 3.8) is 0 Å². The van der Waals surface area contributed by atoms with Gasteiger partial charge in [0, 0.05) is 6.07 Å². The van der Waals surface area contributed by atoms with Gasteiger partial charge in [-0.15, -0.1) is 0 Å². The maximum atomic E-state index is 11.7. The Hall–Kier alpha value is -1.45. The maximum absolute atomic E-state index is 11.7. The molecule has 0 radical (unpaired) electrons. The molecule has 0 saturated heterocycles. The van der Waals surface area contributed by atoms with E-state index in [1.54, 1.807) is 6.92 Å². The fourth-order valence-corrected chi connectivity index (χ4v) is 2.45. The first kappa shape index (κ1) is 14.6. The lowest BCUT2D eigenvalue weighted by molar-refractivity contribution is -0.143. The predicted octanol–water partition coefficient (Wildman–Crippen LogP) is -1.06. The first-order valence-electron chi connectivity index (χ1n) is 4.99. The molecule has 18 heavy (non-hydrogen) atoms. The summed E-state index contributed by atoms with van der Waals surface area (Å²) in [5.74, 6) is -0.832. The fourth-order valence-electron chi connectivity index (χ4n) is 1.24. The van der Waals surface area contributed by atoms with Crippen LogP contribution in [-0.4, -0.2) is 44.4 Å². The first-order chi connectivity index (χ1) is 8.38. The number of sulfonamides is 1. The van der Waals surface area contributed by atoms with E-state index in [9.17, 15) is 13.2 Å². The number of aliphatic hydroxyl groups is 1. The average molecular weight is 278 g/mol. The lowest BCUT2D eigenvalue weighted by Crippen LogP contribution is -2.44. The van der Waals surface area contributed by atoms with Gasteiger partial charge in [0.15, 0.2) is 0 Å². The van der Waals surface area contributed by atoms with Gasteiger partial charge in [-0.1, -0.05) is 5.16 Å². The minimum Gasteiger partial charge on any atom is -0.468 e. The average Bonchev–Trinajstić information content (AvgIpc) is 2.69. The van der Waals surface area contributed by atoms with Crippen LogP contribution >= 0.6 is 0 Å². The van der Waals surface area contributed by atoms with Crippen LogP contribution in [0.5, 0.6) is 0 Å². The van der Waals surface area contributed by atoms with Gasteiger partial charge in [0.2, 0.25) is 10.0 Å². The fraction of sp³-hybridized carbons (Fsp3) is 0.556. The number of hydrogen-bond donors (Lipinski definition) is 2. The number of esters is 1. The summed E-state index contributed by atoms with van der Waals surface area (Å²) in [6.07, 6.45) is 0. The lowest BCUT2D eigenvalue weighted by Gasteiger charge is -2.13. The first-order valence-corrected chi connectivity index (χ1v) is 6.64. The topological polar surface area (TPSA) is 119 Å². The van der Waals surface area contributed by atoms with Gasteiger partial charge in [-0.25, -0.2) is 8.42 Å². The summed E-state index contributed by atoms with van der Waals surface area (Å²) >= 11 is 0. The molecule has 9 heteroatoms. The minimum atomic E-state index is -3.82. The molecule has 0 aliphatic rings. The van der Waals surface area contributed by atoms with Crippen LogP contribution in [0.15, 0.2) is 10.6 Å². The van der Waals surface area contributed by atoms with Crippen LogP contribution in [0, 0.1) is 6.92 Å². The summed E-state index contributed by atoms with van der Waals surface area (Å²) in [6, 6.07) is 0.138. The Bertz CT molecular complexity index is 509. The highest BCUT2D eigenvalue weighted by Gasteiger charge is 2.25. The molecule has 0 aromatic carbocycles. The van der Waals surface area contributed by atoms with E-state index in [2.05, 4.69) is 9.89 Å². The Labute approximate surface area is 104 Å². The van der Waals surface area contributed by atoms with E-state index in [4.69, 9.17) is 9.63 Å². The third kappa shape index (κ3) is 4.09. The molecule has 0 aliphatic carbocycles. The van der Waals surface area contributed by atoms with Gasteiger partial charge in [0.1, 0.15) is 23.2 Å². The van der Waals surface area contributed by atoms with Crippen molar-refractivity contribution in [3.8, 4) is 0 Å². The molecule has 8 nitrogen and oxygen atoms in total. The highest BCUT2D eigenvalue weighted by atomic mass is 32.2. The highest BCUT2D eigenvalue weighted by molar-refractivity contribution is 7.88. The van der Waals surface area contributed by atoms with Crippen LogP contribution in [0.25, 0.3) is 0 Å². The standard InChI is InChI=1S/C9H14N2O6S/c1-6-3-7(10-17-6)5-18(14,15)11-8(4-12)9(13)16-2/h3,8,11-12H,4-5H2,1-2H3. The van der Waals surface area contributed by atoms with Crippen molar-refractivity contribution in [2.45, 2.75) is 18.7 Å². The number of aliphatic hydroxyl groups excluding tert-OH is 1. The number of carbonyl (C=O) groups excluding carboxylic acids is 1. The molecule has 1 aromatic heterocycles. The number of aromatic nitrogens is 1. The summed E-state index contributed by atoms with van der Waals surface area (Å²) in [6.45, 7) is 0.936. The van der Waals surface area contributed by atoms with Crippen molar-refractivity contribution in [3.05, 3.63) is 17.5 Å². The summed E-state index contributed by atoms with van der Waals surface area (Å²) in [5.41, 5.74) is 0.210. The number of hydrogen-bond acceptors (Lipinski definition) is 7. The molecule has 0 bridgehead atoms. The van der Waals surface area contributed by atoms with E-state index >= 15 is 0 Å². The highest BCUT2D eigenvalue weighted by Crippen LogP contribution is 2.06. The summed E-state index contributed by atoms with van der Waals surface area (Å²) < 4.78 is 34.5. The summed E-state index contributed by atoms with van der Waals surface area (Å²) in [5, 5.41) is 12.4. The summed E-state index contributed by atoms with van der Waals surface area (Å²) in [4.78, 5) is 11.1. The Morgan fingerprint density at radius 1 is 1.67 bits per heavy atom. The number of nitrogens with one attached hydrogen (secondary N) is 1. The summed E-state index contributed by atoms with van der Waals surface area (Å²) in [7, 11) is -2.72. The quantitative estimate of drug-likeness (QED) is 0.636. The normalized spacial score (nSPS) is 13.3. The molecule has 0 saturated carbocycles. The number of carbonyl (C=O) groups is 1. The van der Waals surface area contributed by atoms with Crippen LogP contribution in [-0.2, 0) is 25.3 Å². The molecule has 0 aliphatic heterocycles. The molecule has 2 N–H and O–H groups in total. The zero-order valence-corrected chi connectivity index (χ0v) is 10.7. The Morgan fingerprint density at radius 2 is 2.33 bits per heavy atom. The number of rotatable bonds is 6. The van der Waals surface area contributed by atoms with Crippen LogP contribution in [0.2, 0.25) is 0 Å². The van der Waals surface area contributed by atoms with E-state index in [1.807, 2.05) is 4.72 Å². The second-order valence-corrected chi connectivity index (χ2v) is 5.32. The Balaban J connectivity index is 2.72. The number of ether oxygens (including phenoxy) is 1. The molecular formula is C9H14N2O6S. The third-order valence-electron chi connectivity index (χ3n) is 2.00. The van der Waals surface area contributed by atoms with E-state index in [0.717, 1.165) is 7.11 Å². The van der Waals surface area contributed by atoms with Crippen molar-refractivity contribution in [2.24, 2.45) is 0 Å². The molecule has 1 unspecified atom stereocenters. The minimum absolute atomic E-state index is 0.210. The smallest absolute Gasteiger partial charge is 0.326 e. The third-order valence-corrected chi connectivity index (χ3v) is 3.32. The van der Waals surface area contributed by atoms with E-state index < -0.39 is 34.4 Å². The van der Waals surface area contributed by atoms with Gasteiger partial charge in [-0.2, -0.15) is 4.72 Å². The largest absolute Gasteiger partial charge is 0.468 e. The van der Waals surface area contributed by atoms with Crippen molar-refractivity contribution in [2.75, 3.05) is 13.7 Å². The van der Waals surface area contributed by atoms with E-state index in [-0.39, 0.29) is 5.69 Å². The second-order valence-electron chi connectivity index (χ2n) is 3.56. The predicted molar refractivity (Wildman–Crippen MR) is 59.9 cm³/mol. The van der Waals surface area contributed by atoms with Gasteiger partial charge in [-0.3, -0.25) is 4.79 Å². The second kappa shape index (κ2) is 5.94. The number of nitrogens with zero attached hydrogens (tertiary/aromatic N) is 1. The molecule has 1 atom stereocenters. The molecule has 0 fully saturated rings. The van der Waals surface area contributed by atoms with Crippen LogP contribution in [0.3, 0.4) is 0 Å². The zero-order valence-electron chi connectivity index (χ0n) is 9.91. The Morgan fingerprint density at radius 3 is 2.78 bits per heavy atom. The van der Waals surface area contributed by atoms with E-state index in [1.165, 1.54) is 6.07 Å². The number of aryl methyl sites for hydroxylation is 1. The maximum Gasteiger partial charge on any atom is 0.326 e. The van der Waals surface area contributed by atoms with Gasteiger partial charge in [0.25, 0.3) is 0 Å². The van der Waals surface area contributed by atoms with Crippen molar-refractivity contribution < 1.29 is 27.6 Å².